The van der Waals surface area contributed by atoms with E-state index < -0.39 is 6.10 Å². The molecular formula is C23H21ClN4O2. The van der Waals surface area contributed by atoms with Crippen molar-refractivity contribution in [2.45, 2.75) is 26.9 Å². The fourth-order valence-corrected chi connectivity index (χ4v) is 3.52. The van der Waals surface area contributed by atoms with E-state index in [0.29, 0.717) is 22.2 Å². The summed E-state index contributed by atoms with van der Waals surface area (Å²) in [7, 11) is 0. The molecule has 0 spiro atoms. The second kappa shape index (κ2) is 8.16. The van der Waals surface area contributed by atoms with Crippen LogP contribution in [0.15, 0.2) is 60.7 Å². The monoisotopic (exact) mass is 420 g/mol. The summed E-state index contributed by atoms with van der Waals surface area (Å²) in [4.78, 5) is 17.2. The molecule has 0 saturated heterocycles. The molecule has 0 saturated carbocycles. The minimum atomic E-state index is -0.748. The molecule has 4 rings (SSSR count). The summed E-state index contributed by atoms with van der Waals surface area (Å²) in [5.74, 6) is 0.0791. The van der Waals surface area contributed by atoms with Gasteiger partial charge in [-0.15, -0.1) is 0 Å². The maximum Gasteiger partial charge on any atom is 0.265 e. The van der Waals surface area contributed by atoms with Crippen LogP contribution in [0.5, 0.6) is 5.88 Å². The van der Waals surface area contributed by atoms with Crippen LogP contribution < -0.4 is 10.1 Å². The third-order valence-electron chi connectivity index (χ3n) is 4.75. The van der Waals surface area contributed by atoms with E-state index >= 15 is 0 Å². The lowest BCUT2D eigenvalue weighted by atomic mass is 10.1. The quantitative estimate of drug-likeness (QED) is 0.487. The number of fused-ring (bicyclic) bond motifs is 1. The number of nitrogens with zero attached hydrogens (tertiary/aromatic N) is 3. The predicted octanol–water partition coefficient (Wildman–Crippen LogP) is 5.10. The number of ether oxygens (including phenoxy) is 1. The van der Waals surface area contributed by atoms with Crippen molar-refractivity contribution in [3.05, 3.63) is 76.9 Å². The number of aromatic nitrogens is 3. The lowest BCUT2D eigenvalue weighted by Crippen LogP contribution is -2.30. The number of anilines is 1. The molecule has 2 heterocycles. The highest BCUT2D eigenvalue weighted by Gasteiger charge is 2.19. The first-order valence-corrected chi connectivity index (χ1v) is 9.95. The minimum absolute atomic E-state index is 0.287. The van der Waals surface area contributed by atoms with Crippen molar-refractivity contribution >= 4 is 34.2 Å². The van der Waals surface area contributed by atoms with Gasteiger partial charge >= 0.3 is 0 Å². The number of hydrogen-bond donors (Lipinski definition) is 1. The Balaban J connectivity index is 1.62. The largest absolute Gasteiger partial charge is 0.464 e. The van der Waals surface area contributed by atoms with Crippen molar-refractivity contribution in [3.63, 3.8) is 0 Å². The van der Waals surface area contributed by atoms with E-state index in [9.17, 15) is 4.79 Å². The number of para-hydroxylation sites is 1. The van der Waals surface area contributed by atoms with Gasteiger partial charge in [0, 0.05) is 22.2 Å². The number of rotatable bonds is 5. The van der Waals surface area contributed by atoms with Gasteiger partial charge < -0.3 is 10.1 Å². The predicted molar refractivity (Wildman–Crippen MR) is 119 cm³/mol. The van der Waals surface area contributed by atoms with Crippen molar-refractivity contribution in [2.24, 2.45) is 0 Å². The number of amides is 1. The molecule has 152 valence electrons. The smallest absolute Gasteiger partial charge is 0.265 e. The molecule has 0 aliphatic rings. The van der Waals surface area contributed by atoms with Crippen LogP contribution in [-0.4, -0.2) is 26.8 Å². The Kier molecular flexibility index (Phi) is 5.42. The summed E-state index contributed by atoms with van der Waals surface area (Å²) in [6, 6.07) is 18.6. The van der Waals surface area contributed by atoms with Gasteiger partial charge in [-0.25, -0.2) is 4.68 Å². The minimum Gasteiger partial charge on any atom is -0.464 e. The van der Waals surface area contributed by atoms with E-state index in [1.165, 1.54) is 0 Å². The Morgan fingerprint density at radius 2 is 1.87 bits per heavy atom. The molecule has 0 aliphatic carbocycles. The fraction of sp³-hybridized carbons (Fsp3) is 0.174. The Morgan fingerprint density at radius 3 is 2.60 bits per heavy atom. The van der Waals surface area contributed by atoms with Crippen LogP contribution >= 0.6 is 11.6 Å². The number of carbonyl (C=O) groups excluding carboxylic acids is 1. The number of hydrogen-bond acceptors (Lipinski definition) is 4. The summed E-state index contributed by atoms with van der Waals surface area (Å²) in [6.07, 6.45) is -0.748. The zero-order valence-corrected chi connectivity index (χ0v) is 17.6. The molecule has 0 aliphatic heterocycles. The molecule has 6 nitrogen and oxygen atoms in total. The normalized spacial score (nSPS) is 12.0. The molecule has 2 aromatic heterocycles. The van der Waals surface area contributed by atoms with Crippen LogP contribution in [-0.2, 0) is 4.79 Å². The van der Waals surface area contributed by atoms with E-state index in [-0.39, 0.29) is 5.91 Å². The first kappa shape index (κ1) is 19.9. The zero-order valence-electron chi connectivity index (χ0n) is 16.9. The standard InChI is InChI=1S/C23H21ClN4O2/c1-14-12-20(30-16(3)23(29)25-18-9-7-8-17(24)13-18)26-22-21(14)15(2)27-28(22)19-10-5-4-6-11-19/h4-13,16H,1-3H3,(H,25,29)/t16-/m1/s1. The maximum absolute atomic E-state index is 12.5. The van der Waals surface area contributed by atoms with Gasteiger partial charge in [0.05, 0.1) is 11.4 Å². The molecular weight excluding hydrogens is 400 g/mol. The van der Waals surface area contributed by atoms with E-state index in [0.717, 1.165) is 22.3 Å². The molecule has 30 heavy (non-hydrogen) atoms. The van der Waals surface area contributed by atoms with E-state index in [2.05, 4.69) is 15.4 Å². The lowest BCUT2D eigenvalue weighted by Gasteiger charge is -2.15. The highest BCUT2D eigenvalue weighted by Crippen LogP contribution is 2.27. The molecule has 0 fully saturated rings. The van der Waals surface area contributed by atoms with Crippen molar-refractivity contribution in [3.8, 4) is 11.6 Å². The molecule has 0 unspecified atom stereocenters. The first-order chi connectivity index (χ1) is 14.4. The molecule has 7 heteroatoms. The van der Waals surface area contributed by atoms with Gasteiger partial charge in [-0.2, -0.15) is 10.1 Å². The molecule has 2 aromatic carbocycles. The van der Waals surface area contributed by atoms with Crippen molar-refractivity contribution in [1.29, 1.82) is 0 Å². The average Bonchev–Trinajstić information content (AvgIpc) is 3.05. The lowest BCUT2D eigenvalue weighted by molar-refractivity contribution is -0.122. The molecule has 0 bridgehead atoms. The van der Waals surface area contributed by atoms with Crippen molar-refractivity contribution < 1.29 is 9.53 Å². The van der Waals surface area contributed by atoms with E-state index in [4.69, 9.17) is 16.3 Å². The van der Waals surface area contributed by atoms with Crippen LogP contribution in [0.1, 0.15) is 18.2 Å². The maximum atomic E-state index is 12.5. The van der Waals surface area contributed by atoms with E-state index in [1.807, 2.05) is 50.2 Å². The second-order valence-corrected chi connectivity index (χ2v) is 7.50. The second-order valence-electron chi connectivity index (χ2n) is 7.07. The molecule has 0 radical (unpaired) electrons. The average molecular weight is 421 g/mol. The number of benzene rings is 2. The highest BCUT2D eigenvalue weighted by atomic mass is 35.5. The topological polar surface area (TPSA) is 69.0 Å². The first-order valence-electron chi connectivity index (χ1n) is 9.58. The Labute approximate surface area is 179 Å². The molecule has 1 N–H and O–H groups in total. The number of aryl methyl sites for hydroxylation is 2. The Morgan fingerprint density at radius 1 is 1.10 bits per heavy atom. The van der Waals surface area contributed by atoms with Gasteiger partial charge in [0.1, 0.15) is 0 Å². The van der Waals surface area contributed by atoms with Gasteiger partial charge in [-0.3, -0.25) is 4.79 Å². The van der Waals surface area contributed by atoms with E-state index in [1.54, 1.807) is 35.9 Å². The number of carbonyl (C=O) groups is 1. The summed E-state index contributed by atoms with van der Waals surface area (Å²) >= 11 is 5.98. The third kappa shape index (κ3) is 4.00. The highest BCUT2D eigenvalue weighted by molar-refractivity contribution is 6.30. The Hall–Kier alpha value is -3.38. The van der Waals surface area contributed by atoms with Crippen molar-refractivity contribution in [2.75, 3.05) is 5.32 Å². The molecule has 1 atom stereocenters. The summed E-state index contributed by atoms with van der Waals surface area (Å²) in [5.41, 5.74) is 4.08. The number of halogens is 1. The van der Waals surface area contributed by atoms with Gasteiger partial charge in [-0.05, 0) is 56.7 Å². The van der Waals surface area contributed by atoms with Crippen LogP contribution in [0.2, 0.25) is 5.02 Å². The SMILES string of the molecule is Cc1cc(O[C@H](C)C(=O)Nc2cccc(Cl)c2)nc2c1c(C)nn2-c1ccccc1. The summed E-state index contributed by atoms with van der Waals surface area (Å²) < 4.78 is 7.66. The molecule has 4 aromatic rings. The fourth-order valence-electron chi connectivity index (χ4n) is 3.33. The van der Waals surface area contributed by atoms with Crippen molar-refractivity contribution in [1.82, 2.24) is 14.8 Å². The van der Waals surface area contributed by atoms with Crippen LogP contribution in [0.4, 0.5) is 5.69 Å². The van der Waals surface area contributed by atoms with Crippen LogP contribution in [0.25, 0.3) is 16.7 Å². The van der Waals surface area contributed by atoms with Gasteiger partial charge in [0.25, 0.3) is 5.91 Å². The van der Waals surface area contributed by atoms with Gasteiger partial charge in [-0.1, -0.05) is 35.9 Å². The van der Waals surface area contributed by atoms with Gasteiger partial charge in [0.15, 0.2) is 11.8 Å². The summed E-state index contributed by atoms with van der Waals surface area (Å²) in [5, 5.41) is 8.97. The van der Waals surface area contributed by atoms with Crippen LogP contribution in [0, 0.1) is 13.8 Å². The van der Waals surface area contributed by atoms with Crippen LogP contribution in [0.3, 0.4) is 0 Å². The number of nitrogens with one attached hydrogen (secondary N) is 1. The van der Waals surface area contributed by atoms with Gasteiger partial charge in [0.2, 0.25) is 5.88 Å². The zero-order chi connectivity index (χ0) is 21.3. The number of pyridine rings is 1. The molecule has 1 amide bonds. The Bertz CT molecular complexity index is 1220. The summed E-state index contributed by atoms with van der Waals surface area (Å²) in [6.45, 7) is 5.62. The third-order valence-corrected chi connectivity index (χ3v) is 4.98.